The highest BCUT2D eigenvalue weighted by molar-refractivity contribution is 5.75. The van der Waals surface area contributed by atoms with Crippen LogP contribution in [0.4, 0.5) is 0 Å². The van der Waals surface area contributed by atoms with Crippen molar-refractivity contribution < 1.29 is 0 Å². The highest BCUT2D eigenvalue weighted by Crippen LogP contribution is 2.30. The van der Waals surface area contributed by atoms with Gasteiger partial charge in [0, 0.05) is 37.8 Å². The maximum Gasteiger partial charge on any atom is 0.114 e. The molecule has 2 aromatic heterocycles. The lowest BCUT2D eigenvalue weighted by molar-refractivity contribution is 0.325. The molecule has 0 saturated carbocycles. The lowest BCUT2D eigenvalue weighted by Crippen LogP contribution is -2.20. The second-order valence-electron chi connectivity index (χ2n) is 7.65. The Morgan fingerprint density at radius 3 is 2.57 bits per heavy atom. The summed E-state index contributed by atoms with van der Waals surface area (Å²) in [5.74, 6) is 1.72. The van der Waals surface area contributed by atoms with Crippen LogP contribution >= 0.6 is 0 Å². The quantitative estimate of drug-likeness (QED) is 0.527. The van der Waals surface area contributed by atoms with Crippen LogP contribution in [0.15, 0.2) is 72.9 Å². The van der Waals surface area contributed by atoms with E-state index in [2.05, 4.69) is 76.1 Å². The molecule has 4 nitrogen and oxygen atoms in total. The summed E-state index contributed by atoms with van der Waals surface area (Å²) < 4.78 is 2.27. The van der Waals surface area contributed by atoms with Gasteiger partial charge >= 0.3 is 0 Å². The van der Waals surface area contributed by atoms with Crippen molar-refractivity contribution in [2.75, 3.05) is 13.1 Å². The van der Waals surface area contributed by atoms with Crippen LogP contribution in [0.3, 0.4) is 0 Å². The highest BCUT2D eigenvalue weighted by Gasteiger charge is 2.27. The summed E-state index contributed by atoms with van der Waals surface area (Å²) in [5, 5.41) is 0. The molecule has 140 valence electrons. The molecule has 2 aromatic carbocycles. The molecule has 1 aliphatic heterocycles. The van der Waals surface area contributed by atoms with Gasteiger partial charge in [0.2, 0.25) is 0 Å². The van der Waals surface area contributed by atoms with Crippen molar-refractivity contribution in [1.29, 1.82) is 0 Å². The lowest BCUT2D eigenvalue weighted by Gasteiger charge is -2.16. The Kier molecular flexibility index (Phi) is 4.41. The predicted molar refractivity (Wildman–Crippen MR) is 113 cm³/mol. The van der Waals surface area contributed by atoms with Gasteiger partial charge in [-0.1, -0.05) is 42.5 Å². The summed E-state index contributed by atoms with van der Waals surface area (Å²) in [5.41, 5.74) is 5.87. The van der Waals surface area contributed by atoms with Crippen molar-refractivity contribution >= 4 is 11.0 Å². The number of aryl methyl sites for hydroxylation is 1. The third-order valence-corrected chi connectivity index (χ3v) is 5.78. The van der Waals surface area contributed by atoms with E-state index in [-0.39, 0.29) is 0 Å². The van der Waals surface area contributed by atoms with Gasteiger partial charge in [0.05, 0.1) is 16.7 Å². The topological polar surface area (TPSA) is 34.0 Å². The van der Waals surface area contributed by atoms with E-state index in [1.807, 2.05) is 18.3 Å². The number of imidazole rings is 1. The summed E-state index contributed by atoms with van der Waals surface area (Å²) in [6.07, 6.45) is 3.01. The van der Waals surface area contributed by atoms with Crippen molar-refractivity contribution in [3.63, 3.8) is 0 Å². The number of nitrogens with zero attached hydrogens (tertiary/aromatic N) is 4. The van der Waals surface area contributed by atoms with Crippen LogP contribution in [0.5, 0.6) is 0 Å². The number of likely N-dealkylation sites (tertiary alicyclic amines) is 1. The summed E-state index contributed by atoms with van der Waals surface area (Å²) >= 11 is 0. The summed E-state index contributed by atoms with van der Waals surface area (Å²) in [7, 11) is 2.14. The molecule has 1 aliphatic rings. The standard InChI is InChI=1S/C24H24N4/c1-27-23-8-3-2-7-22(23)26-24(27)20-13-15-28(17-20)16-18-9-11-19(12-10-18)21-6-4-5-14-25-21/h2-12,14,20H,13,15-17H2,1H3. The fraction of sp³-hybridized carbons (Fsp3) is 0.250. The van der Waals surface area contributed by atoms with Crippen LogP contribution in [0.25, 0.3) is 22.3 Å². The fourth-order valence-electron chi connectivity index (χ4n) is 4.29. The highest BCUT2D eigenvalue weighted by atomic mass is 15.2. The maximum absolute atomic E-state index is 4.91. The number of benzene rings is 2. The average Bonchev–Trinajstić information content (AvgIpc) is 3.34. The van der Waals surface area contributed by atoms with Crippen LogP contribution in [0.1, 0.15) is 23.7 Å². The number of hydrogen-bond acceptors (Lipinski definition) is 3. The van der Waals surface area contributed by atoms with E-state index >= 15 is 0 Å². The van der Waals surface area contributed by atoms with Gasteiger partial charge in [0.15, 0.2) is 0 Å². The van der Waals surface area contributed by atoms with Gasteiger partial charge in [-0.05, 0) is 42.8 Å². The van der Waals surface area contributed by atoms with Crippen LogP contribution in [-0.2, 0) is 13.6 Å². The smallest absolute Gasteiger partial charge is 0.114 e. The first-order valence-electron chi connectivity index (χ1n) is 9.92. The predicted octanol–water partition coefficient (Wildman–Crippen LogP) is 4.62. The molecule has 1 atom stereocenters. The zero-order valence-corrected chi connectivity index (χ0v) is 16.1. The minimum atomic E-state index is 0.505. The van der Waals surface area contributed by atoms with E-state index in [4.69, 9.17) is 4.98 Å². The van der Waals surface area contributed by atoms with Crippen molar-refractivity contribution in [3.8, 4) is 11.3 Å². The van der Waals surface area contributed by atoms with E-state index in [0.29, 0.717) is 5.92 Å². The molecule has 28 heavy (non-hydrogen) atoms. The molecule has 1 fully saturated rings. The zero-order valence-electron chi connectivity index (χ0n) is 16.1. The minimum Gasteiger partial charge on any atom is -0.331 e. The maximum atomic E-state index is 4.91. The molecule has 0 amide bonds. The van der Waals surface area contributed by atoms with Gasteiger partial charge in [-0.25, -0.2) is 4.98 Å². The van der Waals surface area contributed by atoms with Gasteiger partial charge in [0.25, 0.3) is 0 Å². The first-order valence-corrected chi connectivity index (χ1v) is 9.92. The average molecular weight is 368 g/mol. The van der Waals surface area contributed by atoms with Crippen molar-refractivity contribution in [3.05, 3.63) is 84.3 Å². The Hall–Kier alpha value is -2.98. The first kappa shape index (κ1) is 17.1. The van der Waals surface area contributed by atoms with E-state index in [1.165, 1.54) is 28.9 Å². The fourth-order valence-corrected chi connectivity index (χ4v) is 4.29. The molecule has 4 aromatic rings. The number of hydrogen-bond donors (Lipinski definition) is 0. The van der Waals surface area contributed by atoms with Crippen LogP contribution in [0.2, 0.25) is 0 Å². The van der Waals surface area contributed by atoms with Crippen molar-refractivity contribution in [2.24, 2.45) is 7.05 Å². The van der Waals surface area contributed by atoms with Crippen molar-refractivity contribution in [1.82, 2.24) is 19.4 Å². The van der Waals surface area contributed by atoms with Crippen LogP contribution in [0, 0.1) is 0 Å². The number of rotatable bonds is 4. The van der Waals surface area contributed by atoms with Gasteiger partial charge in [-0.3, -0.25) is 9.88 Å². The number of fused-ring (bicyclic) bond motifs is 1. The lowest BCUT2D eigenvalue weighted by atomic mass is 10.1. The summed E-state index contributed by atoms with van der Waals surface area (Å²) in [6, 6.07) is 23.3. The summed E-state index contributed by atoms with van der Waals surface area (Å²) in [6.45, 7) is 3.18. The third-order valence-electron chi connectivity index (χ3n) is 5.78. The zero-order chi connectivity index (χ0) is 18.9. The van der Waals surface area contributed by atoms with Crippen molar-refractivity contribution in [2.45, 2.75) is 18.9 Å². The molecule has 4 heteroatoms. The van der Waals surface area contributed by atoms with Gasteiger partial charge in [-0.15, -0.1) is 0 Å². The number of para-hydroxylation sites is 2. The Morgan fingerprint density at radius 1 is 0.964 bits per heavy atom. The van der Waals surface area contributed by atoms with E-state index in [1.54, 1.807) is 0 Å². The molecule has 0 N–H and O–H groups in total. The molecular weight excluding hydrogens is 344 g/mol. The van der Waals surface area contributed by atoms with Gasteiger partial charge in [-0.2, -0.15) is 0 Å². The molecule has 0 radical (unpaired) electrons. The normalized spacial score (nSPS) is 17.4. The molecule has 0 spiro atoms. The Balaban J connectivity index is 1.28. The first-order chi connectivity index (χ1) is 13.8. The molecule has 5 rings (SSSR count). The van der Waals surface area contributed by atoms with Gasteiger partial charge in [0.1, 0.15) is 5.82 Å². The third kappa shape index (κ3) is 3.20. The SMILES string of the molecule is Cn1c(C2CCN(Cc3ccc(-c4ccccn4)cc3)C2)nc2ccccc21. The summed E-state index contributed by atoms with van der Waals surface area (Å²) in [4.78, 5) is 11.9. The molecule has 1 unspecified atom stereocenters. The minimum absolute atomic E-state index is 0.505. The second kappa shape index (κ2) is 7.21. The molecule has 3 heterocycles. The molecule has 0 bridgehead atoms. The Labute approximate surface area is 165 Å². The molecule has 1 saturated heterocycles. The number of pyridine rings is 1. The largest absolute Gasteiger partial charge is 0.331 e. The monoisotopic (exact) mass is 368 g/mol. The van der Waals surface area contributed by atoms with Crippen LogP contribution in [-0.4, -0.2) is 32.5 Å². The molecular formula is C24H24N4. The Morgan fingerprint density at radius 2 is 1.79 bits per heavy atom. The molecule has 0 aliphatic carbocycles. The second-order valence-corrected chi connectivity index (χ2v) is 7.65. The Bertz CT molecular complexity index is 1080. The van der Waals surface area contributed by atoms with Crippen LogP contribution < -0.4 is 0 Å². The number of aromatic nitrogens is 3. The van der Waals surface area contributed by atoms with E-state index in [0.717, 1.165) is 30.8 Å². The van der Waals surface area contributed by atoms with E-state index in [9.17, 15) is 0 Å². The van der Waals surface area contributed by atoms with Gasteiger partial charge < -0.3 is 4.57 Å². The van der Waals surface area contributed by atoms with E-state index < -0.39 is 0 Å².